The van der Waals surface area contributed by atoms with E-state index in [4.69, 9.17) is 0 Å². The lowest BCUT2D eigenvalue weighted by molar-refractivity contribution is 0.206. The first-order valence-corrected chi connectivity index (χ1v) is 8.56. The van der Waals surface area contributed by atoms with Crippen molar-refractivity contribution >= 4 is 7.85 Å². The van der Waals surface area contributed by atoms with Crippen molar-refractivity contribution in [3.8, 4) is 0 Å². The van der Waals surface area contributed by atoms with Gasteiger partial charge in [-0.1, -0.05) is 90.8 Å². The highest BCUT2D eigenvalue weighted by Crippen LogP contribution is 2.40. The molecule has 1 heteroatoms. The van der Waals surface area contributed by atoms with E-state index in [1.807, 2.05) is 0 Å². The summed E-state index contributed by atoms with van der Waals surface area (Å²) in [6, 6.07) is 0. The topological polar surface area (TPSA) is 0 Å². The third-order valence-corrected chi connectivity index (χ3v) is 5.18. The largest absolute Gasteiger partial charge is 0.105 e. The van der Waals surface area contributed by atoms with E-state index in [2.05, 4.69) is 28.6 Å². The number of hydrogen-bond donors (Lipinski definition) is 0. The predicted molar refractivity (Wildman–Crippen MR) is 86.0 cm³/mol. The molecular weight excluding hydrogens is 215 g/mol. The highest BCUT2D eigenvalue weighted by Gasteiger charge is 2.26. The minimum absolute atomic E-state index is 0.604. The molecule has 0 aromatic carbocycles. The van der Waals surface area contributed by atoms with Gasteiger partial charge in [-0.05, 0) is 17.8 Å². The van der Waals surface area contributed by atoms with Crippen LogP contribution in [0.1, 0.15) is 91.4 Å². The Kier molecular flexibility index (Phi) is 7.41. The van der Waals surface area contributed by atoms with Gasteiger partial charge >= 0.3 is 0 Å². The van der Waals surface area contributed by atoms with Crippen LogP contribution in [0.4, 0.5) is 0 Å². The summed E-state index contributed by atoms with van der Waals surface area (Å²) in [5.74, 6) is 1.87. The average molecular weight is 250 g/mol. The van der Waals surface area contributed by atoms with Gasteiger partial charge in [0.1, 0.15) is 7.85 Å². The molecule has 0 saturated heterocycles. The Labute approximate surface area is 117 Å². The van der Waals surface area contributed by atoms with Gasteiger partial charge in [-0.3, -0.25) is 0 Å². The zero-order valence-electron chi connectivity index (χ0n) is 13.4. The zero-order valence-corrected chi connectivity index (χ0v) is 13.4. The van der Waals surface area contributed by atoms with Crippen molar-refractivity contribution < 1.29 is 0 Å². The van der Waals surface area contributed by atoms with E-state index < -0.39 is 0 Å². The molecule has 18 heavy (non-hydrogen) atoms. The van der Waals surface area contributed by atoms with Gasteiger partial charge in [-0.25, -0.2) is 0 Å². The molecule has 3 atom stereocenters. The van der Waals surface area contributed by atoms with Crippen LogP contribution in [0.15, 0.2) is 0 Å². The summed E-state index contributed by atoms with van der Waals surface area (Å²) in [5.41, 5.74) is 0.604. The second-order valence-electron chi connectivity index (χ2n) is 7.48. The summed E-state index contributed by atoms with van der Waals surface area (Å²) in [5, 5.41) is 0. The molecule has 1 aliphatic carbocycles. The normalized spacial score (nSPS) is 37.3. The smallest absolute Gasteiger partial charge is 0.0692 e. The summed E-state index contributed by atoms with van der Waals surface area (Å²) < 4.78 is 0. The molecule has 106 valence electrons. The monoisotopic (exact) mass is 250 g/mol. The van der Waals surface area contributed by atoms with Crippen molar-refractivity contribution in [2.45, 2.75) is 97.2 Å². The second kappa shape index (κ2) is 8.28. The average Bonchev–Trinajstić information content (AvgIpc) is 2.32. The van der Waals surface area contributed by atoms with E-state index in [0.29, 0.717) is 5.41 Å². The molecule has 0 bridgehead atoms. The minimum Gasteiger partial charge on any atom is -0.0692 e. The Hall–Kier alpha value is 0.0649. The van der Waals surface area contributed by atoms with Gasteiger partial charge in [0, 0.05) is 0 Å². The molecular formula is C17H35B. The third kappa shape index (κ3) is 6.30. The predicted octanol–water partition coefficient (Wildman–Crippen LogP) is 5.38. The highest BCUT2D eigenvalue weighted by atomic mass is 14.3. The van der Waals surface area contributed by atoms with E-state index in [1.165, 1.54) is 70.6 Å². The Morgan fingerprint density at radius 3 is 2.11 bits per heavy atom. The Morgan fingerprint density at radius 1 is 0.944 bits per heavy atom. The maximum Gasteiger partial charge on any atom is 0.105 e. The molecule has 0 aliphatic heterocycles. The second-order valence-corrected chi connectivity index (χ2v) is 7.48. The van der Waals surface area contributed by atoms with Gasteiger partial charge in [-0.15, -0.1) is 0 Å². The van der Waals surface area contributed by atoms with Crippen molar-refractivity contribution in [1.29, 1.82) is 0 Å². The van der Waals surface area contributed by atoms with Gasteiger partial charge in [0.2, 0.25) is 0 Å². The molecule has 0 heterocycles. The standard InChI is InChI=1S/C17H35B/c1-4-17(3)13-15(2)11-9-7-5-6-8-10-12-16(18)14-17/h15-16H,4-14,18H2,1-3H3. The molecule has 1 saturated carbocycles. The van der Waals surface area contributed by atoms with Crippen molar-refractivity contribution in [3.63, 3.8) is 0 Å². The lowest BCUT2D eigenvalue weighted by Crippen LogP contribution is -2.21. The fourth-order valence-electron chi connectivity index (χ4n) is 3.95. The fourth-order valence-corrected chi connectivity index (χ4v) is 3.95. The summed E-state index contributed by atoms with van der Waals surface area (Å²) >= 11 is 0. The van der Waals surface area contributed by atoms with E-state index in [-0.39, 0.29) is 0 Å². The maximum atomic E-state index is 2.54. The van der Waals surface area contributed by atoms with Gasteiger partial charge in [-0.2, -0.15) is 0 Å². The van der Waals surface area contributed by atoms with E-state index in [9.17, 15) is 0 Å². The summed E-state index contributed by atoms with van der Waals surface area (Å²) in [7, 11) is 2.48. The van der Waals surface area contributed by atoms with Crippen LogP contribution in [0.25, 0.3) is 0 Å². The van der Waals surface area contributed by atoms with E-state index >= 15 is 0 Å². The summed E-state index contributed by atoms with van der Waals surface area (Å²) in [4.78, 5) is 0. The SMILES string of the molecule is BC1CCCCCCCCC(C)CC(C)(CC)C1. The molecule has 1 fully saturated rings. The van der Waals surface area contributed by atoms with Crippen LogP contribution < -0.4 is 0 Å². The van der Waals surface area contributed by atoms with Crippen LogP contribution in [0, 0.1) is 11.3 Å². The van der Waals surface area contributed by atoms with Crippen molar-refractivity contribution in [2.75, 3.05) is 0 Å². The molecule has 0 N–H and O–H groups in total. The van der Waals surface area contributed by atoms with E-state index in [1.54, 1.807) is 0 Å². The lowest BCUT2D eigenvalue weighted by Gasteiger charge is -2.34. The van der Waals surface area contributed by atoms with Crippen LogP contribution in [0.2, 0.25) is 5.82 Å². The summed E-state index contributed by atoms with van der Waals surface area (Å²) in [6.45, 7) is 7.43. The van der Waals surface area contributed by atoms with Crippen LogP contribution in [-0.4, -0.2) is 7.85 Å². The highest BCUT2D eigenvalue weighted by molar-refractivity contribution is 6.11. The van der Waals surface area contributed by atoms with Crippen molar-refractivity contribution in [1.82, 2.24) is 0 Å². The molecule has 0 radical (unpaired) electrons. The Bertz CT molecular complexity index is 194. The molecule has 0 nitrogen and oxygen atoms in total. The van der Waals surface area contributed by atoms with Gasteiger partial charge in [0.25, 0.3) is 0 Å². The molecule has 0 spiro atoms. The van der Waals surface area contributed by atoms with Crippen LogP contribution >= 0.6 is 0 Å². The quantitative estimate of drug-likeness (QED) is 0.548. The number of rotatable bonds is 1. The van der Waals surface area contributed by atoms with Gasteiger partial charge < -0.3 is 0 Å². The van der Waals surface area contributed by atoms with Crippen LogP contribution in [0.5, 0.6) is 0 Å². The Morgan fingerprint density at radius 2 is 1.50 bits per heavy atom. The van der Waals surface area contributed by atoms with Crippen LogP contribution in [0.3, 0.4) is 0 Å². The van der Waals surface area contributed by atoms with Gasteiger partial charge in [0.15, 0.2) is 0 Å². The van der Waals surface area contributed by atoms with Gasteiger partial charge in [0.05, 0.1) is 0 Å². The lowest BCUT2D eigenvalue weighted by atomic mass is 9.66. The minimum atomic E-state index is 0.604. The molecule has 0 aromatic heterocycles. The van der Waals surface area contributed by atoms with E-state index in [0.717, 1.165) is 11.7 Å². The maximum absolute atomic E-state index is 2.54. The molecule has 1 aliphatic rings. The first kappa shape index (κ1) is 16.1. The molecule has 0 aromatic rings. The van der Waals surface area contributed by atoms with Crippen molar-refractivity contribution in [3.05, 3.63) is 0 Å². The van der Waals surface area contributed by atoms with Crippen molar-refractivity contribution in [2.24, 2.45) is 11.3 Å². The number of hydrogen-bond acceptors (Lipinski definition) is 0. The van der Waals surface area contributed by atoms with Crippen LogP contribution in [-0.2, 0) is 0 Å². The molecule has 1 rings (SSSR count). The fraction of sp³-hybridized carbons (Fsp3) is 1.00. The zero-order chi connectivity index (χ0) is 13.4. The third-order valence-electron chi connectivity index (χ3n) is 5.18. The Balaban J connectivity index is 2.55. The first-order chi connectivity index (χ1) is 8.56. The molecule has 0 amide bonds. The summed E-state index contributed by atoms with van der Waals surface area (Å²) in [6.07, 6.45) is 16.0. The first-order valence-electron chi connectivity index (χ1n) is 8.56. The molecule has 3 unspecified atom stereocenters.